The lowest BCUT2D eigenvalue weighted by atomic mass is 9.94. The van der Waals surface area contributed by atoms with Gasteiger partial charge in [-0.15, -0.1) is 10.2 Å². The zero-order chi connectivity index (χ0) is 15.2. The maximum Gasteiger partial charge on any atom is 0.313 e. The van der Waals surface area contributed by atoms with Gasteiger partial charge in [-0.05, 0) is 45.3 Å². The van der Waals surface area contributed by atoms with Crippen LogP contribution in [-0.4, -0.2) is 56.6 Å². The van der Waals surface area contributed by atoms with E-state index in [0.29, 0.717) is 0 Å². The Labute approximate surface area is 129 Å². The Balaban J connectivity index is 1.93. The Morgan fingerprint density at radius 1 is 1.38 bits per heavy atom. The Hall–Kier alpha value is -1.08. The molecule has 0 unspecified atom stereocenters. The molecule has 118 valence electrons. The van der Waals surface area contributed by atoms with Crippen molar-refractivity contribution in [2.45, 2.75) is 44.3 Å². The highest BCUT2D eigenvalue weighted by molar-refractivity contribution is 7.99. The number of aliphatic carboxylic acids is 1. The van der Waals surface area contributed by atoms with Crippen LogP contribution >= 0.6 is 11.8 Å². The van der Waals surface area contributed by atoms with E-state index in [-0.39, 0.29) is 5.75 Å². The molecule has 0 atom stereocenters. The maximum absolute atomic E-state index is 10.7. The van der Waals surface area contributed by atoms with Crippen LogP contribution in [0.25, 0.3) is 0 Å². The lowest BCUT2D eigenvalue weighted by Crippen LogP contribution is -2.30. The fraction of sp³-hybridized carbons (Fsp3) is 0.786. The van der Waals surface area contributed by atoms with Gasteiger partial charge in [0.2, 0.25) is 0 Å². The summed E-state index contributed by atoms with van der Waals surface area (Å²) in [6.07, 6.45) is 4.45. The topological polar surface area (TPSA) is 71.2 Å². The molecule has 0 aliphatic carbocycles. The molecule has 0 aromatic carbocycles. The Bertz CT molecular complexity index is 470. The fourth-order valence-corrected chi connectivity index (χ4v) is 3.40. The summed E-state index contributed by atoms with van der Waals surface area (Å²) in [6, 6.07) is 0. The first-order valence-electron chi connectivity index (χ1n) is 7.55. The number of likely N-dealkylation sites (tertiary alicyclic amines) is 1. The van der Waals surface area contributed by atoms with Crippen molar-refractivity contribution in [3.05, 3.63) is 5.82 Å². The van der Waals surface area contributed by atoms with Crippen molar-refractivity contribution in [3.8, 4) is 0 Å². The molecule has 1 aliphatic rings. The van der Waals surface area contributed by atoms with Crippen LogP contribution in [-0.2, 0) is 17.8 Å². The Kier molecular flexibility index (Phi) is 6.05. The van der Waals surface area contributed by atoms with Crippen LogP contribution in [0.5, 0.6) is 0 Å². The third-order valence-electron chi connectivity index (χ3n) is 4.03. The van der Waals surface area contributed by atoms with E-state index in [9.17, 15) is 4.79 Å². The molecule has 0 saturated carbocycles. The number of rotatable bonds is 7. The number of piperidine rings is 1. The second-order valence-corrected chi connectivity index (χ2v) is 6.56. The summed E-state index contributed by atoms with van der Waals surface area (Å²) in [5.74, 6) is 0.931. The monoisotopic (exact) mass is 312 g/mol. The standard InChI is InChI=1S/C14H24N4O2S/c1-3-12-15-16-14(21-10-13(19)20)18(12)9-6-11-4-7-17(2)8-5-11/h11H,3-10H2,1-2H3,(H,19,20). The molecule has 0 bridgehead atoms. The second-order valence-electron chi connectivity index (χ2n) is 5.62. The molecule has 0 spiro atoms. The first-order valence-corrected chi connectivity index (χ1v) is 8.54. The second kappa shape index (κ2) is 7.79. The average Bonchev–Trinajstić information content (AvgIpc) is 2.86. The number of carboxylic acid groups (broad SMARTS) is 1. The lowest BCUT2D eigenvalue weighted by Gasteiger charge is -2.29. The molecule has 2 heterocycles. The van der Waals surface area contributed by atoms with E-state index >= 15 is 0 Å². The van der Waals surface area contributed by atoms with Crippen LogP contribution in [0.4, 0.5) is 0 Å². The molecule has 2 rings (SSSR count). The molecule has 1 aliphatic heterocycles. The zero-order valence-electron chi connectivity index (χ0n) is 12.8. The van der Waals surface area contributed by atoms with Crippen LogP contribution < -0.4 is 0 Å². The van der Waals surface area contributed by atoms with Gasteiger partial charge in [-0.2, -0.15) is 0 Å². The maximum atomic E-state index is 10.7. The predicted octanol–water partition coefficient (Wildman–Crippen LogP) is 1.75. The quantitative estimate of drug-likeness (QED) is 0.773. The molecule has 7 heteroatoms. The average molecular weight is 312 g/mol. The van der Waals surface area contributed by atoms with E-state index in [1.165, 1.54) is 37.7 Å². The molecule has 1 N–H and O–H groups in total. The number of hydrogen-bond donors (Lipinski definition) is 1. The Morgan fingerprint density at radius 2 is 2.10 bits per heavy atom. The summed E-state index contributed by atoms with van der Waals surface area (Å²) < 4.78 is 2.10. The van der Waals surface area contributed by atoms with Gasteiger partial charge in [0, 0.05) is 13.0 Å². The van der Waals surface area contributed by atoms with Gasteiger partial charge in [-0.1, -0.05) is 18.7 Å². The molecule has 6 nitrogen and oxygen atoms in total. The fourth-order valence-electron chi connectivity index (χ4n) is 2.70. The van der Waals surface area contributed by atoms with Gasteiger partial charge in [-0.25, -0.2) is 0 Å². The number of carboxylic acids is 1. The van der Waals surface area contributed by atoms with Gasteiger partial charge < -0.3 is 14.6 Å². The predicted molar refractivity (Wildman–Crippen MR) is 82.6 cm³/mol. The van der Waals surface area contributed by atoms with Crippen molar-refractivity contribution in [1.29, 1.82) is 0 Å². The number of nitrogens with zero attached hydrogens (tertiary/aromatic N) is 4. The molecular weight excluding hydrogens is 288 g/mol. The highest BCUT2D eigenvalue weighted by Crippen LogP contribution is 2.23. The van der Waals surface area contributed by atoms with Gasteiger partial charge in [0.25, 0.3) is 0 Å². The lowest BCUT2D eigenvalue weighted by molar-refractivity contribution is -0.133. The number of hydrogen-bond acceptors (Lipinski definition) is 5. The van der Waals surface area contributed by atoms with Crippen molar-refractivity contribution >= 4 is 17.7 Å². The SMILES string of the molecule is CCc1nnc(SCC(=O)O)n1CCC1CCN(C)CC1. The molecule has 0 radical (unpaired) electrons. The van der Waals surface area contributed by atoms with Gasteiger partial charge in [0.05, 0.1) is 5.75 Å². The van der Waals surface area contributed by atoms with Crippen molar-refractivity contribution in [2.75, 3.05) is 25.9 Å². The normalized spacial score (nSPS) is 17.2. The number of thioether (sulfide) groups is 1. The van der Waals surface area contributed by atoms with Gasteiger partial charge in [-0.3, -0.25) is 4.79 Å². The number of aryl methyl sites for hydroxylation is 1. The smallest absolute Gasteiger partial charge is 0.313 e. The molecule has 1 saturated heterocycles. The van der Waals surface area contributed by atoms with Gasteiger partial charge in [0.1, 0.15) is 5.82 Å². The summed E-state index contributed by atoms with van der Waals surface area (Å²) in [4.78, 5) is 13.1. The van der Waals surface area contributed by atoms with Crippen molar-refractivity contribution < 1.29 is 9.90 Å². The zero-order valence-corrected chi connectivity index (χ0v) is 13.6. The highest BCUT2D eigenvalue weighted by atomic mass is 32.2. The number of carbonyl (C=O) groups is 1. The summed E-state index contributed by atoms with van der Waals surface area (Å²) in [6.45, 7) is 5.30. The van der Waals surface area contributed by atoms with E-state index in [1.807, 2.05) is 0 Å². The largest absolute Gasteiger partial charge is 0.481 e. The van der Waals surface area contributed by atoms with Crippen molar-refractivity contribution in [3.63, 3.8) is 0 Å². The minimum atomic E-state index is -0.817. The first kappa shape index (κ1) is 16.3. The Morgan fingerprint density at radius 3 is 2.71 bits per heavy atom. The third-order valence-corrected chi connectivity index (χ3v) is 4.99. The molecule has 1 fully saturated rings. The van der Waals surface area contributed by atoms with Crippen molar-refractivity contribution in [2.24, 2.45) is 5.92 Å². The summed E-state index contributed by atoms with van der Waals surface area (Å²) in [7, 11) is 2.17. The van der Waals surface area contributed by atoms with Crippen LogP contribution in [0.3, 0.4) is 0 Å². The van der Waals surface area contributed by atoms with Crippen molar-refractivity contribution in [1.82, 2.24) is 19.7 Å². The van der Waals surface area contributed by atoms with E-state index in [0.717, 1.165) is 36.3 Å². The van der Waals surface area contributed by atoms with E-state index in [4.69, 9.17) is 5.11 Å². The van der Waals surface area contributed by atoms with Gasteiger partial charge in [0.15, 0.2) is 5.16 Å². The summed E-state index contributed by atoms with van der Waals surface area (Å²) >= 11 is 1.26. The minimum absolute atomic E-state index is 0.0378. The van der Waals surface area contributed by atoms with Crippen LogP contribution in [0.1, 0.15) is 32.0 Å². The molecule has 21 heavy (non-hydrogen) atoms. The summed E-state index contributed by atoms with van der Waals surface area (Å²) in [5.41, 5.74) is 0. The van der Waals surface area contributed by atoms with E-state index in [1.54, 1.807) is 0 Å². The van der Waals surface area contributed by atoms with Crippen LogP contribution in [0.15, 0.2) is 5.16 Å². The van der Waals surface area contributed by atoms with E-state index in [2.05, 4.69) is 33.6 Å². The molecule has 0 amide bonds. The van der Waals surface area contributed by atoms with Crippen LogP contribution in [0, 0.1) is 5.92 Å². The van der Waals surface area contributed by atoms with Gasteiger partial charge >= 0.3 is 5.97 Å². The molecular formula is C14H24N4O2S. The third kappa shape index (κ3) is 4.71. The highest BCUT2D eigenvalue weighted by Gasteiger charge is 2.18. The summed E-state index contributed by atoms with van der Waals surface area (Å²) in [5, 5.41) is 17.9. The first-order chi connectivity index (χ1) is 10.1. The molecule has 1 aromatic rings. The van der Waals surface area contributed by atoms with Crippen LogP contribution in [0.2, 0.25) is 0 Å². The minimum Gasteiger partial charge on any atom is -0.481 e. The van der Waals surface area contributed by atoms with E-state index < -0.39 is 5.97 Å². The molecule has 1 aromatic heterocycles. The number of aromatic nitrogens is 3.